The van der Waals surface area contributed by atoms with Crippen LogP contribution in [0.2, 0.25) is 0 Å². The lowest BCUT2D eigenvalue weighted by Gasteiger charge is -2.37. The predicted molar refractivity (Wildman–Crippen MR) is 97.3 cm³/mol. The number of piperazine rings is 1. The maximum atomic E-state index is 12.5. The van der Waals surface area contributed by atoms with Crippen LogP contribution in [0, 0.1) is 0 Å². The van der Waals surface area contributed by atoms with Crippen molar-refractivity contribution in [2.24, 2.45) is 0 Å². The molecular formula is C18H28N4O3. The van der Waals surface area contributed by atoms with Crippen LogP contribution in [0.25, 0.3) is 0 Å². The number of rotatable bonds is 7. The van der Waals surface area contributed by atoms with Gasteiger partial charge in [0.2, 0.25) is 5.91 Å². The van der Waals surface area contributed by atoms with E-state index in [0.29, 0.717) is 50.6 Å². The lowest BCUT2D eigenvalue weighted by molar-refractivity contribution is -0.126. The average Bonchev–Trinajstić information content (AvgIpc) is 2.64. The molecule has 0 saturated carbocycles. The molecule has 1 saturated heterocycles. The normalized spacial score (nSPS) is 16.5. The number of anilines is 1. The number of carbonyl (C=O) groups excluding carboxylic acids is 2. The van der Waals surface area contributed by atoms with Crippen LogP contribution in [0.5, 0.6) is 0 Å². The van der Waals surface area contributed by atoms with Crippen LogP contribution in [-0.2, 0) is 9.53 Å². The lowest BCUT2D eigenvalue weighted by atomic mass is 10.1. The first kappa shape index (κ1) is 19.2. The maximum Gasteiger partial charge on any atom is 0.254 e. The van der Waals surface area contributed by atoms with E-state index in [1.807, 2.05) is 11.8 Å². The Morgan fingerprint density at radius 1 is 1.28 bits per heavy atom. The van der Waals surface area contributed by atoms with Crippen LogP contribution in [0.4, 0.5) is 5.69 Å². The molecule has 0 aliphatic carbocycles. The highest BCUT2D eigenvalue weighted by Gasteiger charge is 2.27. The Kier molecular flexibility index (Phi) is 7.21. The summed E-state index contributed by atoms with van der Waals surface area (Å²) in [6.45, 7) is 5.73. The van der Waals surface area contributed by atoms with Crippen molar-refractivity contribution in [3.8, 4) is 0 Å². The molecule has 1 aliphatic heterocycles. The van der Waals surface area contributed by atoms with Crippen molar-refractivity contribution >= 4 is 17.5 Å². The van der Waals surface area contributed by atoms with Crippen molar-refractivity contribution in [2.45, 2.75) is 19.4 Å². The van der Waals surface area contributed by atoms with E-state index < -0.39 is 0 Å². The molecule has 1 aromatic carbocycles. The molecule has 1 unspecified atom stereocenters. The number of hydrogen-bond donors (Lipinski definition) is 2. The van der Waals surface area contributed by atoms with Gasteiger partial charge in [0.05, 0.1) is 6.04 Å². The Labute approximate surface area is 149 Å². The molecule has 1 atom stereocenters. The number of nitrogens with zero attached hydrogens (tertiary/aromatic N) is 2. The van der Waals surface area contributed by atoms with Gasteiger partial charge >= 0.3 is 0 Å². The van der Waals surface area contributed by atoms with Gasteiger partial charge in [-0.2, -0.15) is 0 Å². The van der Waals surface area contributed by atoms with Crippen LogP contribution in [0.3, 0.4) is 0 Å². The topological polar surface area (TPSA) is 87.9 Å². The van der Waals surface area contributed by atoms with Crippen LogP contribution in [0.1, 0.15) is 23.7 Å². The van der Waals surface area contributed by atoms with E-state index in [4.69, 9.17) is 10.5 Å². The van der Waals surface area contributed by atoms with E-state index in [9.17, 15) is 9.59 Å². The molecule has 7 nitrogen and oxygen atoms in total. The molecule has 2 rings (SSSR count). The summed E-state index contributed by atoms with van der Waals surface area (Å²) in [7, 11) is 1.65. The second-order valence-corrected chi connectivity index (χ2v) is 6.27. The summed E-state index contributed by atoms with van der Waals surface area (Å²) in [4.78, 5) is 28.6. The van der Waals surface area contributed by atoms with Crippen molar-refractivity contribution in [3.05, 3.63) is 29.8 Å². The molecule has 0 aromatic heterocycles. The largest absolute Gasteiger partial charge is 0.399 e. The van der Waals surface area contributed by atoms with Crippen LogP contribution >= 0.6 is 0 Å². The van der Waals surface area contributed by atoms with Gasteiger partial charge in [-0.05, 0) is 31.5 Å². The minimum absolute atomic E-state index is 0.0105. The molecule has 7 heteroatoms. The monoisotopic (exact) mass is 348 g/mol. The first-order chi connectivity index (χ1) is 12.0. The van der Waals surface area contributed by atoms with Gasteiger partial charge in [-0.25, -0.2) is 0 Å². The third-order valence-electron chi connectivity index (χ3n) is 4.49. The molecule has 2 amide bonds. The highest BCUT2D eigenvalue weighted by atomic mass is 16.5. The van der Waals surface area contributed by atoms with Crippen LogP contribution in [0.15, 0.2) is 24.3 Å². The van der Waals surface area contributed by atoms with Gasteiger partial charge in [0.1, 0.15) is 0 Å². The number of amides is 2. The van der Waals surface area contributed by atoms with E-state index >= 15 is 0 Å². The summed E-state index contributed by atoms with van der Waals surface area (Å²) in [5, 5.41) is 2.93. The quantitative estimate of drug-likeness (QED) is 0.556. The zero-order valence-corrected chi connectivity index (χ0v) is 15.0. The number of carbonyl (C=O) groups is 2. The van der Waals surface area contributed by atoms with Crippen LogP contribution in [-0.4, -0.2) is 74.1 Å². The number of nitrogens with two attached hydrogens (primary N) is 1. The maximum absolute atomic E-state index is 12.5. The molecule has 1 aromatic rings. The van der Waals surface area contributed by atoms with Crippen molar-refractivity contribution < 1.29 is 14.3 Å². The third-order valence-corrected chi connectivity index (χ3v) is 4.49. The Morgan fingerprint density at radius 2 is 2.00 bits per heavy atom. The average molecular weight is 348 g/mol. The fourth-order valence-electron chi connectivity index (χ4n) is 2.91. The molecule has 1 heterocycles. The van der Waals surface area contributed by atoms with Gasteiger partial charge in [0.15, 0.2) is 0 Å². The zero-order chi connectivity index (χ0) is 18.2. The summed E-state index contributed by atoms with van der Waals surface area (Å²) in [5.74, 6) is 0.00957. The molecule has 1 fully saturated rings. The number of nitrogens with one attached hydrogen (secondary N) is 1. The number of methoxy groups -OCH3 is 1. The van der Waals surface area contributed by atoms with Gasteiger partial charge in [-0.3, -0.25) is 14.5 Å². The highest BCUT2D eigenvalue weighted by molar-refractivity contribution is 5.95. The summed E-state index contributed by atoms with van der Waals surface area (Å²) in [6.07, 6.45) is 0.803. The second-order valence-electron chi connectivity index (χ2n) is 6.27. The molecule has 0 radical (unpaired) electrons. The SMILES string of the molecule is COCCCNC(=O)C(C)N1CCN(C(=O)c2cccc(N)c2)CC1. The molecule has 1 aliphatic rings. The molecule has 0 bridgehead atoms. The van der Waals surface area contributed by atoms with E-state index in [0.717, 1.165) is 6.42 Å². The first-order valence-electron chi connectivity index (χ1n) is 8.68. The fourth-order valence-corrected chi connectivity index (χ4v) is 2.91. The van der Waals surface area contributed by atoms with Gasteiger partial charge in [0, 0.05) is 57.7 Å². The van der Waals surface area contributed by atoms with Gasteiger partial charge < -0.3 is 20.7 Å². The van der Waals surface area contributed by atoms with E-state index in [2.05, 4.69) is 10.2 Å². The Bertz CT molecular complexity index is 585. The van der Waals surface area contributed by atoms with E-state index in [1.54, 1.807) is 31.4 Å². The van der Waals surface area contributed by atoms with Crippen molar-refractivity contribution in [1.29, 1.82) is 0 Å². The minimum atomic E-state index is -0.202. The Morgan fingerprint density at radius 3 is 2.64 bits per heavy atom. The highest BCUT2D eigenvalue weighted by Crippen LogP contribution is 2.13. The molecule has 3 N–H and O–H groups in total. The van der Waals surface area contributed by atoms with Gasteiger partial charge in [-0.15, -0.1) is 0 Å². The summed E-state index contributed by atoms with van der Waals surface area (Å²) in [6, 6.07) is 6.83. The minimum Gasteiger partial charge on any atom is -0.399 e. The molecule has 0 spiro atoms. The standard InChI is InChI=1S/C18H28N4O3/c1-14(17(23)20-7-4-12-25-2)21-8-10-22(11-9-21)18(24)15-5-3-6-16(19)13-15/h3,5-6,13-14H,4,7-12,19H2,1-2H3,(H,20,23). The van der Waals surface area contributed by atoms with E-state index in [-0.39, 0.29) is 17.9 Å². The van der Waals surface area contributed by atoms with Gasteiger partial charge in [-0.1, -0.05) is 6.07 Å². The van der Waals surface area contributed by atoms with Crippen molar-refractivity contribution in [2.75, 3.05) is 52.2 Å². The van der Waals surface area contributed by atoms with E-state index in [1.165, 1.54) is 0 Å². The number of nitrogen functional groups attached to an aromatic ring is 1. The molecule has 138 valence electrons. The van der Waals surface area contributed by atoms with Crippen molar-refractivity contribution in [3.63, 3.8) is 0 Å². The summed E-state index contributed by atoms with van der Waals surface area (Å²) >= 11 is 0. The molecule has 25 heavy (non-hydrogen) atoms. The summed E-state index contributed by atoms with van der Waals surface area (Å²) < 4.78 is 4.97. The summed E-state index contributed by atoms with van der Waals surface area (Å²) in [5.41, 5.74) is 6.94. The van der Waals surface area contributed by atoms with Gasteiger partial charge in [0.25, 0.3) is 5.91 Å². The lowest BCUT2D eigenvalue weighted by Crippen LogP contribution is -2.55. The Hall–Kier alpha value is -2.12. The molecular weight excluding hydrogens is 320 g/mol. The zero-order valence-electron chi connectivity index (χ0n) is 15.0. The third kappa shape index (κ3) is 5.44. The van der Waals surface area contributed by atoms with Crippen LogP contribution < -0.4 is 11.1 Å². The first-order valence-corrected chi connectivity index (χ1v) is 8.68. The number of hydrogen-bond acceptors (Lipinski definition) is 5. The number of benzene rings is 1. The second kappa shape index (κ2) is 9.39. The number of ether oxygens (including phenoxy) is 1. The fraction of sp³-hybridized carbons (Fsp3) is 0.556. The van der Waals surface area contributed by atoms with Crippen molar-refractivity contribution in [1.82, 2.24) is 15.1 Å². The smallest absolute Gasteiger partial charge is 0.254 e. The predicted octanol–water partition coefficient (Wildman–Crippen LogP) is 0.568. The Balaban J connectivity index is 1.80.